The van der Waals surface area contributed by atoms with Gasteiger partial charge in [-0.3, -0.25) is 18.2 Å². The van der Waals surface area contributed by atoms with Crippen molar-refractivity contribution in [3.63, 3.8) is 0 Å². The first kappa shape index (κ1) is 16.6. The summed E-state index contributed by atoms with van der Waals surface area (Å²) >= 11 is -5.22. The monoisotopic (exact) mass is 188 g/mol. The van der Waals surface area contributed by atoms with Crippen molar-refractivity contribution in [3.05, 3.63) is 0 Å². The Morgan fingerprint density at radius 2 is 0.889 bits per heavy atom. The first-order chi connectivity index (χ1) is 3.46. The van der Waals surface area contributed by atoms with E-state index in [1.165, 1.54) is 0 Å². The molecular weight excluding hydrogens is 183 g/mol. The van der Waals surface area contributed by atoms with Crippen molar-refractivity contribution in [1.82, 2.24) is 0 Å². The molecule has 0 heterocycles. The molecule has 0 amide bonds. The van der Waals surface area contributed by atoms with Crippen LogP contribution in [0.5, 0.6) is 0 Å². The van der Waals surface area contributed by atoms with Gasteiger partial charge in [0, 0.05) is 0 Å². The molecule has 0 aliphatic heterocycles. The van der Waals surface area contributed by atoms with Crippen LogP contribution in [-0.2, 0) is 22.7 Å². The van der Waals surface area contributed by atoms with Gasteiger partial charge in [0.05, 0.1) is 0 Å². The molecule has 0 unspecified atom stereocenters. The van der Waals surface area contributed by atoms with Gasteiger partial charge < -0.3 is 1.43 Å². The van der Waals surface area contributed by atoms with Crippen molar-refractivity contribution >= 4 is 22.7 Å². The molecule has 0 atom stereocenters. The predicted octanol–water partition coefficient (Wildman–Crippen LogP) is -3.52. The van der Waals surface area contributed by atoms with E-state index in [1.54, 1.807) is 0 Å². The summed E-state index contributed by atoms with van der Waals surface area (Å²) in [5.74, 6) is 0. The normalized spacial score (nSPS) is 7.78. The third-order valence-corrected chi connectivity index (χ3v) is 0. The second-order valence-electron chi connectivity index (χ2n) is 0.461. The molecule has 0 radical (unpaired) electrons. The van der Waals surface area contributed by atoms with Crippen molar-refractivity contribution < 1.29 is 57.6 Å². The number of hydrogen-bond donors (Lipinski definition) is 4. The summed E-state index contributed by atoms with van der Waals surface area (Å²) in [6.07, 6.45) is 0. The first-order valence-corrected chi connectivity index (χ1v) is 3.19. The third kappa shape index (κ3) is 359. The summed E-state index contributed by atoms with van der Waals surface area (Å²) in [5, 5.41) is 0. The van der Waals surface area contributed by atoms with Crippen LogP contribution in [0.3, 0.4) is 0 Å². The van der Waals surface area contributed by atoms with Crippen LogP contribution in [0, 0.1) is 0 Å². The molecule has 0 spiro atoms. The van der Waals surface area contributed by atoms with Crippen LogP contribution in [-0.4, -0.2) is 26.6 Å². The molecule has 0 saturated heterocycles. The molecule has 0 saturated carbocycles. The Morgan fingerprint density at radius 1 is 0.889 bits per heavy atom. The largest absolute Gasteiger partial charge is 1.00 e. The topological polar surface area (TPSA) is 115 Å². The maximum atomic E-state index is 8.67. The van der Waals surface area contributed by atoms with Gasteiger partial charge in [-0.25, -0.2) is 0 Å². The van der Waals surface area contributed by atoms with Gasteiger partial charge in [-0.05, 0) is 0 Å². The molecule has 0 fully saturated rings. The SMILES string of the molecule is O=S(O)O.O=S(O)O.[H-].[Na+]. The Balaban J connectivity index is -0.0000000300. The smallest absolute Gasteiger partial charge is 1.00 e. The van der Waals surface area contributed by atoms with Crippen molar-refractivity contribution in [2.45, 2.75) is 0 Å². The minimum absolute atomic E-state index is 0. The quantitative estimate of drug-likeness (QED) is 0.231. The molecular formula is H5NaO6S2. The van der Waals surface area contributed by atoms with E-state index < -0.39 is 22.7 Å². The third-order valence-electron chi connectivity index (χ3n) is 0. The Hall–Kier alpha value is 1.14. The molecule has 0 aliphatic rings. The maximum absolute atomic E-state index is 8.67. The summed E-state index contributed by atoms with van der Waals surface area (Å²) in [7, 11) is 0. The fourth-order valence-corrected chi connectivity index (χ4v) is 0. The Kier molecular flexibility index (Phi) is 21.9. The Morgan fingerprint density at radius 3 is 0.889 bits per heavy atom. The van der Waals surface area contributed by atoms with E-state index in [9.17, 15) is 0 Å². The zero-order valence-corrected chi connectivity index (χ0v) is 8.05. The van der Waals surface area contributed by atoms with E-state index in [1.807, 2.05) is 0 Å². The molecule has 9 heteroatoms. The second kappa shape index (κ2) is 11.9. The van der Waals surface area contributed by atoms with E-state index in [2.05, 4.69) is 0 Å². The van der Waals surface area contributed by atoms with E-state index in [0.717, 1.165) is 0 Å². The fourth-order valence-electron chi connectivity index (χ4n) is 0. The summed E-state index contributed by atoms with van der Waals surface area (Å²) in [5.41, 5.74) is 0. The maximum Gasteiger partial charge on any atom is 1.00 e. The number of hydrogen-bond acceptors (Lipinski definition) is 2. The molecule has 6 nitrogen and oxygen atoms in total. The van der Waals surface area contributed by atoms with Crippen molar-refractivity contribution in [3.8, 4) is 0 Å². The van der Waals surface area contributed by atoms with Gasteiger partial charge in [-0.15, -0.1) is 0 Å². The fraction of sp³-hybridized carbons (Fsp3) is 0. The molecule has 0 aromatic rings. The number of rotatable bonds is 0. The van der Waals surface area contributed by atoms with Gasteiger partial charge in [0.25, 0.3) is 22.7 Å². The molecule has 0 rings (SSSR count). The van der Waals surface area contributed by atoms with Crippen LogP contribution in [0.15, 0.2) is 0 Å². The summed E-state index contributed by atoms with van der Waals surface area (Å²) in [4.78, 5) is 0. The molecule has 0 aliphatic carbocycles. The van der Waals surface area contributed by atoms with E-state index in [4.69, 9.17) is 26.6 Å². The molecule has 54 valence electrons. The summed E-state index contributed by atoms with van der Waals surface area (Å²) < 4.78 is 45.7. The van der Waals surface area contributed by atoms with Crippen LogP contribution >= 0.6 is 0 Å². The van der Waals surface area contributed by atoms with Gasteiger partial charge in [0.2, 0.25) is 0 Å². The van der Waals surface area contributed by atoms with Crippen molar-refractivity contribution in [1.29, 1.82) is 0 Å². The zero-order valence-electron chi connectivity index (χ0n) is 5.42. The standard InChI is InChI=1S/Na.2H2O3S.H/c;2*1-4(2)3;/h;2*(H2,1,2,3);/q+1;;;-1. The van der Waals surface area contributed by atoms with Crippen LogP contribution in [0.25, 0.3) is 0 Å². The van der Waals surface area contributed by atoms with Crippen LogP contribution in [0.1, 0.15) is 1.43 Å². The van der Waals surface area contributed by atoms with Gasteiger partial charge in [0.1, 0.15) is 0 Å². The van der Waals surface area contributed by atoms with Gasteiger partial charge in [-0.2, -0.15) is 8.42 Å². The van der Waals surface area contributed by atoms with Crippen LogP contribution in [0.2, 0.25) is 0 Å². The predicted molar refractivity (Wildman–Crippen MR) is 27.9 cm³/mol. The van der Waals surface area contributed by atoms with Gasteiger partial charge in [0.15, 0.2) is 0 Å². The van der Waals surface area contributed by atoms with Gasteiger partial charge in [-0.1, -0.05) is 0 Å². The molecule has 0 aromatic carbocycles. The van der Waals surface area contributed by atoms with E-state index >= 15 is 0 Å². The molecule has 0 aromatic heterocycles. The van der Waals surface area contributed by atoms with Gasteiger partial charge >= 0.3 is 29.6 Å². The summed E-state index contributed by atoms with van der Waals surface area (Å²) in [6, 6.07) is 0. The minimum atomic E-state index is -2.61. The summed E-state index contributed by atoms with van der Waals surface area (Å²) in [6.45, 7) is 0. The first-order valence-electron chi connectivity index (χ1n) is 1.06. The van der Waals surface area contributed by atoms with Crippen LogP contribution < -0.4 is 29.6 Å². The Labute approximate surface area is 80.0 Å². The zero-order chi connectivity index (χ0) is 7.15. The van der Waals surface area contributed by atoms with Crippen molar-refractivity contribution in [2.24, 2.45) is 0 Å². The average molecular weight is 188 g/mol. The second-order valence-corrected chi connectivity index (χ2v) is 1.38. The van der Waals surface area contributed by atoms with Crippen molar-refractivity contribution in [2.75, 3.05) is 0 Å². The molecule has 4 N–H and O–H groups in total. The Bertz CT molecular complexity index is 73.7. The molecule has 0 bridgehead atoms. The van der Waals surface area contributed by atoms with E-state index in [0.29, 0.717) is 0 Å². The minimum Gasteiger partial charge on any atom is -1.00 e. The average Bonchev–Trinajstić information content (AvgIpc) is 1.25. The van der Waals surface area contributed by atoms with Crippen LogP contribution in [0.4, 0.5) is 0 Å². The molecule has 9 heavy (non-hydrogen) atoms. The van der Waals surface area contributed by atoms with E-state index in [-0.39, 0.29) is 31.0 Å².